The average molecular weight is 423 g/mol. The highest BCUT2D eigenvalue weighted by molar-refractivity contribution is 7.80. The van der Waals surface area contributed by atoms with Crippen LogP contribution in [0.15, 0.2) is 48.6 Å². The maximum atomic E-state index is 12.8. The number of rotatable bonds is 5. The highest BCUT2D eigenvalue weighted by Gasteiger charge is 2.32. The Morgan fingerprint density at radius 1 is 1.23 bits per heavy atom. The summed E-state index contributed by atoms with van der Waals surface area (Å²) in [5, 5.41) is 5.36. The first kappa shape index (κ1) is 21.2. The minimum atomic E-state index is -0.519. The molecule has 7 nitrogen and oxygen atoms in total. The van der Waals surface area contributed by atoms with E-state index in [-0.39, 0.29) is 23.1 Å². The zero-order valence-corrected chi connectivity index (χ0v) is 17.8. The molecule has 0 unspecified atom stereocenters. The van der Waals surface area contributed by atoms with Crippen LogP contribution in [0, 0.1) is 13.8 Å². The van der Waals surface area contributed by atoms with E-state index in [4.69, 9.17) is 12.2 Å². The second-order valence-electron chi connectivity index (χ2n) is 6.91. The molecule has 2 aromatic rings. The Labute approximate surface area is 180 Å². The third-order valence-electron chi connectivity index (χ3n) is 4.71. The normalized spacial score (nSPS) is 15.4. The maximum absolute atomic E-state index is 12.8. The van der Waals surface area contributed by atoms with Crippen molar-refractivity contribution < 1.29 is 14.4 Å². The molecule has 0 atom stereocenters. The molecule has 30 heavy (non-hydrogen) atoms. The Kier molecular flexibility index (Phi) is 5.98. The molecule has 2 N–H and O–H groups in total. The molecule has 1 aromatic carbocycles. The zero-order valence-electron chi connectivity index (χ0n) is 17.0. The number of aryl methyl sites for hydroxylation is 1. The molecule has 1 aliphatic heterocycles. The molecule has 0 spiro atoms. The predicted octanol–water partition coefficient (Wildman–Crippen LogP) is 2.87. The van der Waals surface area contributed by atoms with Crippen LogP contribution in [0.1, 0.15) is 23.9 Å². The Morgan fingerprint density at radius 2 is 1.90 bits per heavy atom. The molecule has 154 valence electrons. The van der Waals surface area contributed by atoms with Gasteiger partial charge in [-0.15, -0.1) is 6.58 Å². The Hall–Kier alpha value is -3.52. The fourth-order valence-corrected chi connectivity index (χ4v) is 3.62. The lowest BCUT2D eigenvalue weighted by Crippen LogP contribution is -2.53. The number of aromatic nitrogens is 1. The molecule has 8 heteroatoms. The van der Waals surface area contributed by atoms with Gasteiger partial charge in [-0.05, 0) is 68.0 Å². The minimum Gasteiger partial charge on any atom is -0.326 e. The fourth-order valence-electron chi connectivity index (χ4n) is 3.37. The summed E-state index contributed by atoms with van der Waals surface area (Å²) < 4.78 is 2.02. The number of nitrogens with one attached hydrogen (secondary N) is 2. The Balaban J connectivity index is 1.98. The third kappa shape index (κ3) is 4.08. The van der Waals surface area contributed by atoms with E-state index in [9.17, 15) is 14.4 Å². The van der Waals surface area contributed by atoms with Crippen LogP contribution in [0.4, 0.5) is 5.69 Å². The van der Waals surface area contributed by atoms with E-state index in [1.807, 2.05) is 48.7 Å². The summed E-state index contributed by atoms with van der Waals surface area (Å²) >= 11 is 5.08. The smallest absolute Gasteiger partial charge is 0.265 e. The number of carbonyl (C=O) groups is 3. The summed E-state index contributed by atoms with van der Waals surface area (Å²) in [6.07, 6.45) is 3.13. The second-order valence-corrected chi connectivity index (χ2v) is 7.30. The Morgan fingerprint density at radius 3 is 2.50 bits per heavy atom. The van der Waals surface area contributed by atoms with Crippen LogP contribution in [0.3, 0.4) is 0 Å². The summed E-state index contributed by atoms with van der Waals surface area (Å²) in [6, 6.07) is 9.34. The molecule has 1 fully saturated rings. The van der Waals surface area contributed by atoms with Crippen molar-refractivity contribution in [1.82, 2.24) is 14.8 Å². The van der Waals surface area contributed by atoms with Gasteiger partial charge in [0.05, 0.1) is 0 Å². The quantitative estimate of drug-likeness (QED) is 0.336. The molecule has 3 amide bonds. The number of thiocarbonyl (C=S) groups is 1. The first-order chi connectivity index (χ1) is 14.2. The molecular formula is C22H22N4O3S. The van der Waals surface area contributed by atoms with Crippen LogP contribution in [-0.2, 0) is 14.4 Å². The van der Waals surface area contributed by atoms with Crippen molar-refractivity contribution in [3.05, 3.63) is 65.5 Å². The highest BCUT2D eigenvalue weighted by Crippen LogP contribution is 2.25. The number of anilines is 1. The van der Waals surface area contributed by atoms with Crippen LogP contribution >= 0.6 is 12.2 Å². The lowest BCUT2D eigenvalue weighted by atomic mass is 10.1. The van der Waals surface area contributed by atoms with Gasteiger partial charge in [-0.3, -0.25) is 24.6 Å². The molecule has 1 aromatic heterocycles. The standard InChI is InChI=1S/C22H22N4O3S/c1-5-10-25-21(29)19(20(28)24-22(25)30)12-16-11-13(2)26(14(16)3)18-8-6-17(7-9-18)23-15(4)27/h5-9,11-12H,1,10H2,2-4H3,(H,23,27)(H,24,28,30). The molecule has 0 radical (unpaired) electrons. The summed E-state index contributed by atoms with van der Waals surface area (Å²) in [4.78, 5) is 37.7. The molecule has 1 saturated heterocycles. The van der Waals surface area contributed by atoms with E-state index in [1.54, 1.807) is 12.2 Å². The number of carbonyl (C=O) groups excluding carboxylic acids is 3. The molecule has 0 aliphatic carbocycles. The van der Waals surface area contributed by atoms with Crippen LogP contribution < -0.4 is 10.6 Å². The lowest BCUT2D eigenvalue weighted by Gasteiger charge is -2.27. The largest absolute Gasteiger partial charge is 0.326 e. The van der Waals surface area contributed by atoms with Crippen LogP contribution in [0.5, 0.6) is 0 Å². The molecule has 1 aliphatic rings. The van der Waals surface area contributed by atoms with Crippen LogP contribution in [0.2, 0.25) is 0 Å². The van der Waals surface area contributed by atoms with Gasteiger partial charge < -0.3 is 9.88 Å². The maximum Gasteiger partial charge on any atom is 0.265 e. The minimum absolute atomic E-state index is 0.0201. The molecule has 3 rings (SSSR count). The van der Waals surface area contributed by atoms with Gasteiger partial charge in [-0.2, -0.15) is 0 Å². The SMILES string of the molecule is C=CCN1C(=O)C(=Cc2cc(C)n(-c3ccc(NC(C)=O)cc3)c2C)C(=O)NC1=S. The highest BCUT2D eigenvalue weighted by atomic mass is 32.1. The van der Waals surface area contributed by atoms with Crippen molar-refractivity contribution in [3.8, 4) is 5.69 Å². The van der Waals surface area contributed by atoms with Crippen molar-refractivity contribution >= 4 is 46.8 Å². The Bertz CT molecular complexity index is 1100. The monoisotopic (exact) mass is 422 g/mol. The number of hydrogen-bond donors (Lipinski definition) is 2. The van der Waals surface area contributed by atoms with E-state index in [2.05, 4.69) is 17.2 Å². The van der Waals surface area contributed by atoms with Crippen LogP contribution in [0.25, 0.3) is 11.8 Å². The second kappa shape index (κ2) is 8.46. The molecule has 0 bridgehead atoms. The van der Waals surface area contributed by atoms with Crippen molar-refractivity contribution in [2.75, 3.05) is 11.9 Å². The van der Waals surface area contributed by atoms with E-state index in [0.717, 1.165) is 22.6 Å². The average Bonchev–Trinajstić information content (AvgIpc) is 2.96. The number of benzene rings is 1. The van der Waals surface area contributed by atoms with Gasteiger partial charge in [0.15, 0.2) is 5.11 Å². The van der Waals surface area contributed by atoms with E-state index in [0.29, 0.717) is 5.69 Å². The predicted molar refractivity (Wildman–Crippen MR) is 120 cm³/mol. The van der Waals surface area contributed by atoms with Gasteiger partial charge in [-0.25, -0.2) is 0 Å². The topological polar surface area (TPSA) is 83.4 Å². The van der Waals surface area contributed by atoms with Gasteiger partial charge in [0.1, 0.15) is 5.57 Å². The first-order valence-corrected chi connectivity index (χ1v) is 9.70. The van der Waals surface area contributed by atoms with Gasteiger partial charge in [-0.1, -0.05) is 6.08 Å². The van der Waals surface area contributed by atoms with Crippen molar-refractivity contribution in [2.45, 2.75) is 20.8 Å². The van der Waals surface area contributed by atoms with Gasteiger partial charge in [0.2, 0.25) is 5.91 Å². The van der Waals surface area contributed by atoms with Crippen molar-refractivity contribution in [1.29, 1.82) is 0 Å². The summed E-state index contributed by atoms with van der Waals surface area (Å²) in [5.74, 6) is -1.10. The van der Waals surface area contributed by atoms with Gasteiger partial charge in [0.25, 0.3) is 11.8 Å². The molecule has 2 heterocycles. The first-order valence-electron chi connectivity index (χ1n) is 9.29. The summed E-state index contributed by atoms with van der Waals surface area (Å²) in [7, 11) is 0. The number of amides is 3. The summed E-state index contributed by atoms with van der Waals surface area (Å²) in [6.45, 7) is 9.16. The third-order valence-corrected chi connectivity index (χ3v) is 5.04. The zero-order chi connectivity index (χ0) is 22.0. The molecule has 0 saturated carbocycles. The van der Waals surface area contributed by atoms with Gasteiger partial charge >= 0.3 is 0 Å². The van der Waals surface area contributed by atoms with E-state index < -0.39 is 11.8 Å². The fraction of sp³-hybridized carbons (Fsp3) is 0.182. The molecular weight excluding hydrogens is 400 g/mol. The van der Waals surface area contributed by atoms with Gasteiger partial charge in [0, 0.05) is 36.2 Å². The van der Waals surface area contributed by atoms with Crippen molar-refractivity contribution in [2.24, 2.45) is 0 Å². The van der Waals surface area contributed by atoms with E-state index >= 15 is 0 Å². The number of hydrogen-bond acceptors (Lipinski definition) is 4. The lowest BCUT2D eigenvalue weighted by molar-refractivity contribution is -0.128. The summed E-state index contributed by atoms with van der Waals surface area (Å²) in [5.41, 5.74) is 4.19. The number of nitrogens with zero attached hydrogens (tertiary/aromatic N) is 2. The van der Waals surface area contributed by atoms with E-state index in [1.165, 1.54) is 11.8 Å². The van der Waals surface area contributed by atoms with Crippen LogP contribution in [-0.4, -0.2) is 38.8 Å². The van der Waals surface area contributed by atoms with Crippen molar-refractivity contribution in [3.63, 3.8) is 0 Å².